The Morgan fingerprint density at radius 1 is 1.21 bits per heavy atom. The molecule has 1 N–H and O–H groups in total. The minimum absolute atomic E-state index is 0.344. The third kappa shape index (κ3) is 3.01. The molecule has 1 saturated heterocycles. The van der Waals surface area contributed by atoms with Crippen LogP contribution in [0.4, 0.5) is 0 Å². The monoisotopic (exact) mass is 259 g/mol. The van der Waals surface area contributed by atoms with Gasteiger partial charge in [0.05, 0.1) is 6.61 Å². The molecule has 1 unspecified atom stereocenters. The van der Waals surface area contributed by atoms with Gasteiger partial charge in [-0.15, -0.1) is 0 Å². The topological polar surface area (TPSA) is 21.3 Å². The summed E-state index contributed by atoms with van der Waals surface area (Å²) < 4.78 is 5.37. The molecule has 2 fully saturated rings. The maximum absolute atomic E-state index is 5.37. The van der Waals surface area contributed by atoms with Crippen LogP contribution in [0.5, 0.6) is 0 Å². The van der Waals surface area contributed by atoms with E-state index in [1.807, 2.05) is 7.11 Å². The molecule has 0 bridgehead atoms. The van der Waals surface area contributed by atoms with Gasteiger partial charge in [0.15, 0.2) is 0 Å². The third-order valence-corrected chi connectivity index (χ3v) is 4.73. The fraction of sp³-hybridized carbons (Fsp3) is 0.647. The van der Waals surface area contributed by atoms with E-state index in [2.05, 4.69) is 29.6 Å². The van der Waals surface area contributed by atoms with Crippen LogP contribution in [0.25, 0.3) is 0 Å². The first-order valence-electron chi connectivity index (χ1n) is 7.64. The van der Waals surface area contributed by atoms with Gasteiger partial charge in [0.1, 0.15) is 0 Å². The first-order valence-corrected chi connectivity index (χ1v) is 7.64. The molecule has 1 aliphatic heterocycles. The van der Waals surface area contributed by atoms with Gasteiger partial charge in [0.2, 0.25) is 0 Å². The van der Waals surface area contributed by atoms with Crippen LogP contribution in [0.15, 0.2) is 24.3 Å². The van der Waals surface area contributed by atoms with Gasteiger partial charge in [0, 0.05) is 18.6 Å². The first kappa shape index (κ1) is 13.1. The Morgan fingerprint density at radius 2 is 2.00 bits per heavy atom. The Bertz CT molecular complexity index is 402. The maximum atomic E-state index is 5.37. The number of hydrogen-bond donors (Lipinski definition) is 1. The summed E-state index contributed by atoms with van der Waals surface area (Å²) >= 11 is 0. The molecule has 1 aromatic carbocycles. The Labute approximate surface area is 116 Å². The summed E-state index contributed by atoms with van der Waals surface area (Å²) in [5, 5.41) is 3.63. The summed E-state index contributed by atoms with van der Waals surface area (Å²) in [4.78, 5) is 0. The van der Waals surface area contributed by atoms with Gasteiger partial charge in [-0.1, -0.05) is 30.7 Å². The van der Waals surface area contributed by atoms with Crippen LogP contribution in [0.1, 0.15) is 43.2 Å². The van der Waals surface area contributed by atoms with Crippen LogP contribution in [0.2, 0.25) is 0 Å². The first-order chi connectivity index (χ1) is 9.32. The second-order valence-electron chi connectivity index (χ2n) is 6.26. The zero-order valence-electron chi connectivity index (χ0n) is 12.0. The molecule has 0 aromatic heterocycles. The van der Waals surface area contributed by atoms with E-state index in [1.165, 1.54) is 56.2 Å². The third-order valence-electron chi connectivity index (χ3n) is 4.73. The Kier molecular flexibility index (Phi) is 3.90. The normalized spacial score (nSPS) is 25.2. The van der Waals surface area contributed by atoms with Crippen LogP contribution < -0.4 is 5.32 Å². The molecule has 1 saturated carbocycles. The summed E-state index contributed by atoms with van der Waals surface area (Å²) in [6.45, 7) is 2.07. The minimum atomic E-state index is 0.344. The van der Waals surface area contributed by atoms with E-state index >= 15 is 0 Å². The molecule has 2 nitrogen and oxygen atoms in total. The number of rotatable bonds is 5. The van der Waals surface area contributed by atoms with Crippen molar-refractivity contribution >= 4 is 0 Å². The second kappa shape index (κ2) is 5.64. The number of nitrogens with one attached hydrogen (secondary N) is 1. The van der Waals surface area contributed by atoms with Crippen LogP contribution in [-0.2, 0) is 16.6 Å². The van der Waals surface area contributed by atoms with E-state index in [4.69, 9.17) is 4.74 Å². The van der Waals surface area contributed by atoms with Gasteiger partial charge in [-0.2, -0.15) is 0 Å². The van der Waals surface area contributed by atoms with E-state index in [9.17, 15) is 0 Å². The highest BCUT2D eigenvalue weighted by molar-refractivity contribution is 5.34. The zero-order valence-corrected chi connectivity index (χ0v) is 12.0. The van der Waals surface area contributed by atoms with Crippen molar-refractivity contribution in [3.05, 3.63) is 35.4 Å². The lowest BCUT2D eigenvalue weighted by Gasteiger charge is -2.23. The van der Waals surface area contributed by atoms with Crippen LogP contribution >= 0.6 is 0 Å². The summed E-state index contributed by atoms with van der Waals surface area (Å²) in [5.41, 5.74) is 3.28. The molecule has 0 amide bonds. The van der Waals surface area contributed by atoms with Crippen molar-refractivity contribution < 1.29 is 4.74 Å². The molecule has 3 rings (SSSR count). The molecule has 1 atom stereocenters. The van der Waals surface area contributed by atoms with Crippen molar-refractivity contribution in [1.29, 1.82) is 0 Å². The standard InChI is InChI=1S/C17H25NO/c1-19-13-17(9-10-17)15-7-5-14(6-8-15)12-16-4-2-3-11-18-16/h5-8,16,18H,2-4,9-13H2,1H3. The summed E-state index contributed by atoms with van der Waals surface area (Å²) in [7, 11) is 1.81. The fourth-order valence-corrected chi connectivity index (χ4v) is 3.32. The van der Waals surface area contributed by atoms with Crippen LogP contribution in [-0.4, -0.2) is 26.3 Å². The molecule has 1 aliphatic carbocycles. The lowest BCUT2D eigenvalue weighted by molar-refractivity contribution is 0.171. The molecule has 0 radical (unpaired) electrons. The zero-order chi connectivity index (χ0) is 13.1. The van der Waals surface area contributed by atoms with E-state index in [0.717, 1.165) is 6.61 Å². The molecule has 2 heteroatoms. The Hall–Kier alpha value is -0.860. The second-order valence-corrected chi connectivity index (χ2v) is 6.26. The molecule has 104 valence electrons. The molecular formula is C17H25NO. The van der Waals surface area contributed by atoms with Gasteiger partial charge < -0.3 is 10.1 Å². The molecule has 0 spiro atoms. The summed E-state index contributed by atoms with van der Waals surface area (Å²) in [6, 6.07) is 9.98. The largest absolute Gasteiger partial charge is 0.384 e. The number of hydrogen-bond acceptors (Lipinski definition) is 2. The van der Waals surface area contributed by atoms with Crippen molar-refractivity contribution in [2.75, 3.05) is 20.3 Å². The summed E-state index contributed by atoms with van der Waals surface area (Å²) in [5.74, 6) is 0. The molecule has 19 heavy (non-hydrogen) atoms. The van der Waals surface area contributed by atoms with E-state index in [-0.39, 0.29) is 0 Å². The van der Waals surface area contributed by atoms with Crippen molar-refractivity contribution in [2.24, 2.45) is 0 Å². The van der Waals surface area contributed by atoms with Gasteiger partial charge >= 0.3 is 0 Å². The van der Waals surface area contributed by atoms with Crippen molar-refractivity contribution in [2.45, 2.75) is 50.0 Å². The van der Waals surface area contributed by atoms with Crippen molar-refractivity contribution in [3.8, 4) is 0 Å². The highest BCUT2D eigenvalue weighted by Crippen LogP contribution is 2.48. The van der Waals surface area contributed by atoms with Crippen LogP contribution in [0.3, 0.4) is 0 Å². The Balaban J connectivity index is 1.62. The average molecular weight is 259 g/mol. The lowest BCUT2D eigenvalue weighted by Crippen LogP contribution is -2.35. The minimum Gasteiger partial charge on any atom is -0.384 e. The Morgan fingerprint density at radius 3 is 2.58 bits per heavy atom. The smallest absolute Gasteiger partial charge is 0.0559 e. The van der Waals surface area contributed by atoms with E-state index in [0.29, 0.717) is 11.5 Å². The average Bonchev–Trinajstić information content (AvgIpc) is 3.22. The highest BCUT2D eigenvalue weighted by Gasteiger charge is 2.44. The maximum Gasteiger partial charge on any atom is 0.0559 e. The van der Waals surface area contributed by atoms with Crippen molar-refractivity contribution in [1.82, 2.24) is 5.32 Å². The van der Waals surface area contributed by atoms with Crippen molar-refractivity contribution in [3.63, 3.8) is 0 Å². The quantitative estimate of drug-likeness (QED) is 0.877. The van der Waals surface area contributed by atoms with Gasteiger partial charge in [-0.3, -0.25) is 0 Å². The van der Waals surface area contributed by atoms with Gasteiger partial charge in [-0.25, -0.2) is 0 Å². The summed E-state index contributed by atoms with van der Waals surface area (Å²) in [6.07, 6.45) is 7.79. The van der Waals surface area contributed by atoms with Gasteiger partial charge in [0.25, 0.3) is 0 Å². The fourth-order valence-electron chi connectivity index (χ4n) is 3.32. The molecule has 1 aromatic rings. The number of piperidine rings is 1. The molecule has 1 heterocycles. The predicted molar refractivity (Wildman–Crippen MR) is 78.6 cm³/mol. The predicted octanol–water partition coefficient (Wildman–Crippen LogP) is 3.05. The lowest BCUT2D eigenvalue weighted by atomic mass is 9.93. The number of benzene rings is 1. The van der Waals surface area contributed by atoms with Gasteiger partial charge in [-0.05, 0) is 49.8 Å². The highest BCUT2D eigenvalue weighted by atomic mass is 16.5. The number of methoxy groups -OCH3 is 1. The van der Waals surface area contributed by atoms with Crippen LogP contribution in [0, 0.1) is 0 Å². The van der Waals surface area contributed by atoms with E-state index in [1.54, 1.807) is 0 Å². The molecule has 2 aliphatic rings. The number of ether oxygens (including phenoxy) is 1. The molecular weight excluding hydrogens is 234 g/mol. The van der Waals surface area contributed by atoms with E-state index < -0.39 is 0 Å². The SMILES string of the molecule is COCC1(c2ccc(CC3CCCCN3)cc2)CC1.